The molecule has 1 aromatic heterocycles. The predicted octanol–water partition coefficient (Wildman–Crippen LogP) is 2.56. The van der Waals surface area contributed by atoms with E-state index in [0.29, 0.717) is 35.5 Å². The Kier molecular flexibility index (Phi) is 5.68. The van der Waals surface area contributed by atoms with Gasteiger partial charge < -0.3 is 15.4 Å². The molecule has 0 aliphatic carbocycles. The number of rotatable bonds is 6. The van der Waals surface area contributed by atoms with Crippen LogP contribution >= 0.6 is 11.6 Å². The van der Waals surface area contributed by atoms with E-state index in [0.717, 1.165) is 5.69 Å². The molecule has 22 heavy (non-hydrogen) atoms. The number of nitrogens with one attached hydrogen (secondary N) is 2. The third-order valence-electron chi connectivity index (χ3n) is 2.76. The Morgan fingerprint density at radius 1 is 1.32 bits per heavy atom. The molecule has 0 aliphatic rings. The van der Waals surface area contributed by atoms with Gasteiger partial charge in [0.25, 0.3) is 5.91 Å². The lowest BCUT2D eigenvalue weighted by atomic mass is 10.3. The van der Waals surface area contributed by atoms with Crippen LogP contribution in [0.4, 0.5) is 11.6 Å². The van der Waals surface area contributed by atoms with Crippen molar-refractivity contribution in [2.75, 3.05) is 25.6 Å². The Bertz CT molecular complexity index is 664. The van der Waals surface area contributed by atoms with Gasteiger partial charge in [-0.3, -0.25) is 4.79 Å². The van der Waals surface area contributed by atoms with E-state index < -0.39 is 0 Å². The van der Waals surface area contributed by atoms with Gasteiger partial charge >= 0.3 is 0 Å². The molecule has 1 aromatic carbocycles. The summed E-state index contributed by atoms with van der Waals surface area (Å²) >= 11 is 5.94. The summed E-state index contributed by atoms with van der Waals surface area (Å²) < 4.78 is 4.89. The van der Waals surface area contributed by atoms with Crippen molar-refractivity contribution >= 4 is 29.1 Å². The van der Waals surface area contributed by atoms with Gasteiger partial charge in [-0.25, -0.2) is 9.97 Å². The minimum Gasteiger partial charge on any atom is -0.383 e. The molecule has 2 rings (SSSR count). The van der Waals surface area contributed by atoms with Crippen LogP contribution in [-0.2, 0) is 4.74 Å². The first-order chi connectivity index (χ1) is 10.6. The number of amides is 1. The van der Waals surface area contributed by atoms with Gasteiger partial charge in [0.1, 0.15) is 5.69 Å². The van der Waals surface area contributed by atoms with Crippen LogP contribution < -0.4 is 10.6 Å². The second-order valence-electron chi connectivity index (χ2n) is 4.60. The first-order valence-electron chi connectivity index (χ1n) is 6.74. The number of nitrogens with zero attached hydrogens (tertiary/aromatic N) is 2. The number of hydrogen-bond acceptors (Lipinski definition) is 5. The van der Waals surface area contributed by atoms with E-state index in [9.17, 15) is 4.79 Å². The summed E-state index contributed by atoms with van der Waals surface area (Å²) in [6, 6.07) is 8.82. The van der Waals surface area contributed by atoms with Crippen molar-refractivity contribution in [3.8, 4) is 0 Å². The molecule has 1 amide bonds. The van der Waals surface area contributed by atoms with Crippen LogP contribution in [0.15, 0.2) is 30.3 Å². The van der Waals surface area contributed by atoms with E-state index in [1.165, 1.54) is 0 Å². The number of ether oxygens (including phenoxy) is 1. The van der Waals surface area contributed by atoms with Crippen LogP contribution in [0.1, 0.15) is 16.2 Å². The number of halogens is 1. The quantitative estimate of drug-likeness (QED) is 0.800. The normalized spacial score (nSPS) is 10.3. The molecular formula is C15H17ClN4O2. The molecule has 0 saturated carbocycles. The van der Waals surface area contributed by atoms with Gasteiger partial charge in [-0.2, -0.15) is 0 Å². The minimum absolute atomic E-state index is 0.267. The van der Waals surface area contributed by atoms with E-state index in [2.05, 4.69) is 20.6 Å². The van der Waals surface area contributed by atoms with Crippen molar-refractivity contribution < 1.29 is 9.53 Å². The third kappa shape index (κ3) is 4.68. The van der Waals surface area contributed by atoms with Gasteiger partial charge in [-0.05, 0) is 31.2 Å². The summed E-state index contributed by atoms with van der Waals surface area (Å²) in [4.78, 5) is 20.5. The zero-order chi connectivity index (χ0) is 15.9. The highest BCUT2D eigenvalue weighted by molar-refractivity contribution is 6.30. The van der Waals surface area contributed by atoms with E-state index >= 15 is 0 Å². The number of carbonyl (C=O) groups is 1. The first-order valence-corrected chi connectivity index (χ1v) is 7.11. The largest absolute Gasteiger partial charge is 0.383 e. The van der Waals surface area contributed by atoms with Crippen molar-refractivity contribution in [2.24, 2.45) is 0 Å². The summed E-state index contributed by atoms with van der Waals surface area (Å²) in [5.41, 5.74) is 1.74. The molecular weight excluding hydrogens is 304 g/mol. The average molecular weight is 321 g/mol. The van der Waals surface area contributed by atoms with Crippen molar-refractivity contribution in [3.63, 3.8) is 0 Å². The lowest BCUT2D eigenvalue weighted by molar-refractivity contribution is 0.0932. The highest BCUT2D eigenvalue weighted by atomic mass is 35.5. The predicted molar refractivity (Wildman–Crippen MR) is 85.7 cm³/mol. The van der Waals surface area contributed by atoms with E-state index in [1.807, 2.05) is 12.1 Å². The van der Waals surface area contributed by atoms with Gasteiger partial charge in [0.05, 0.1) is 6.61 Å². The molecule has 0 radical (unpaired) electrons. The maximum Gasteiger partial charge on any atom is 0.270 e. The summed E-state index contributed by atoms with van der Waals surface area (Å²) in [7, 11) is 1.58. The number of hydrogen-bond donors (Lipinski definition) is 2. The van der Waals surface area contributed by atoms with Crippen molar-refractivity contribution in [1.82, 2.24) is 15.3 Å². The van der Waals surface area contributed by atoms with Crippen molar-refractivity contribution in [2.45, 2.75) is 6.92 Å². The van der Waals surface area contributed by atoms with Crippen molar-refractivity contribution in [1.29, 1.82) is 0 Å². The van der Waals surface area contributed by atoms with Crippen LogP contribution in [0.2, 0.25) is 5.02 Å². The zero-order valence-electron chi connectivity index (χ0n) is 12.4. The molecule has 1 heterocycles. The summed E-state index contributed by atoms with van der Waals surface area (Å²) in [5, 5.41) is 6.37. The second-order valence-corrected chi connectivity index (χ2v) is 5.04. The summed E-state index contributed by atoms with van der Waals surface area (Å²) in [5.74, 6) is 0.0795. The van der Waals surface area contributed by atoms with Gasteiger partial charge in [0.2, 0.25) is 5.95 Å². The number of benzene rings is 1. The molecule has 2 N–H and O–H groups in total. The second kappa shape index (κ2) is 7.72. The van der Waals surface area contributed by atoms with Gasteiger partial charge in [-0.1, -0.05) is 17.7 Å². The molecule has 0 saturated heterocycles. The van der Waals surface area contributed by atoms with Gasteiger partial charge in [-0.15, -0.1) is 0 Å². The van der Waals surface area contributed by atoms with Crippen molar-refractivity contribution in [3.05, 3.63) is 46.7 Å². The Morgan fingerprint density at radius 2 is 2.14 bits per heavy atom. The Hall–Kier alpha value is -2.18. The molecule has 0 spiro atoms. The highest BCUT2D eigenvalue weighted by Gasteiger charge is 2.10. The number of carbonyl (C=O) groups excluding carboxylic acids is 1. The molecule has 0 unspecified atom stereocenters. The Labute approximate surface area is 133 Å². The third-order valence-corrected chi connectivity index (χ3v) is 2.99. The molecule has 0 aliphatic heterocycles. The lowest BCUT2D eigenvalue weighted by Gasteiger charge is -2.09. The fourth-order valence-corrected chi connectivity index (χ4v) is 1.98. The Morgan fingerprint density at radius 3 is 2.86 bits per heavy atom. The fourth-order valence-electron chi connectivity index (χ4n) is 1.79. The number of methoxy groups -OCH3 is 1. The molecule has 6 nitrogen and oxygen atoms in total. The SMILES string of the molecule is COCCNC(=O)c1cc(C)nc(Nc2cccc(Cl)c2)n1. The maximum atomic E-state index is 12.0. The number of anilines is 2. The van der Waals surface area contributed by atoms with E-state index in [4.69, 9.17) is 16.3 Å². The topological polar surface area (TPSA) is 76.1 Å². The fraction of sp³-hybridized carbons (Fsp3) is 0.267. The zero-order valence-corrected chi connectivity index (χ0v) is 13.1. The molecule has 0 fully saturated rings. The van der Waals surface area contributed by atoms with Crippen LogP contribution in [0.25, 0.3) is 0 Å². The van der Waals surface area contributed by atoms with Gasteiger partial charge in [0, 0.05) is 30.1 Å². The van der Waals surface area contributed by atoms with Gasteiger partial charge in [0.15, 0.2) is 0 Å². The first kappa shape index (κ1) is 16.2. The van der Waals surface area contributed by atoms with E-state index in [1.54, 1.807) is 32.2 Å². The number of aromatic nitrogens is 2. The van der Waals surface area contributed by atoms with Crippen LogP contribution in [0.5, 0.6) is 0 Å². The molecule has 2 aromatic rings. The molecule has 116 valence electrons. The summed E-state index contributed by atoms with van der Waals surface area (Å²) in [6.45, 7) is 2.68. The standard InChI is InChI=1S/C15H17ClN4O2/c1-10-8-13(14(21)17-6-7-22-2)20-15(18-10)19-12-5-3-4-11(16)9-12/h3-5,8-9H,6-7H2,1-2H3,(H,17,21)(H,18,19,20). The molecule has 0 atom stereocenters. The van der Waals surface area contributed by atoms with Crippen LogP contribution in [0, 0.1) is 6.92 Å². The number of aryl methyl sites for hydroxylation is 1. The lowest BCUT2D eigenvalue weighted by Crippen LogP contribution is -2.28. The van der Waals surface area contributed by atoms with E-state index in [-0.39, 0.29) is 5.91 Å². The smallest absolute Gasteiger partial charge is 0.270 e. The highest BCUT2D eigenvalue weighted by Crippen LogP contribution is 2.18. The minimum atomic E-state index is -0.267. The molecule has 7 heteroatoms. The monoisotopic (exact) mass is 320 g/mol. The Balaban J connectivity index is 2.14. The summed E-state index contributed by atoms with van der Waals surface area (Å²) in [6.07, 6.45) is 0. The van der Waals surface area contributed by atoms with Crippen LogP contribution in [0.3, 0.4) is 0 Å². The maximum absolute atomic E-state index is 12.0. The average Bonchev–Trinajstić information content (AvgIpc) is 2.46. The van der Waals surface area contributed by atoms with Crippen LogP contribution in [-0.4, -0.2) is 36.1 Å². The molecule has 0 bridgehead atoms.